The Hall–Kier alpha value is 0.660. The van der Waals surface area contributed by atoms with Gasteiger partial charge in [0.1, 0.15) is 17.5 Å². The van der Waals surface area contributed by atoms with Gasteiger partial charge in [0, 0.05) is 10.7 Å². The molecule has 2 rings (SSSR count). The number of hydrogen-bond acceptors (Lipinski definition) is 4. The fourth-order valence-corrected chi connectivity index (χ4v) is 4.23. The minimum Gasteiger partial charge on any atom is -0.871 e. The van der Waals surface area contributed by atoms with Crippen molar-refractivity contribution in [2.45, 2.75) is 12.5 Å². The maximum atomic E-state index is 11.7. The van der Waals surface area contributed by atoms with Crippen molar-refractivity contribution < 1.29 is 49.3 Å². The summed E-state index contributed by atoms with van der Waals surface area (Å²) in [4.78, 5) is 10.8. The summed E-state index contributed by atoms with van der Waals surface area (Å²) in [6.07, 6.45) is 0.258. The molecular formula is C15H11I3NNaO4. The Balaban J connectivity index is 0.00000288. The zero-order chi connectivity index (χ0) is 17.1. The fraction of sp³-hybridized carbons (Fsp3) is 0.133. The summed E-state index contributed by atoms with van der Waals surface area (Å²) in [6.45, 7) is 0. The second kappa shape index (κ2) is 10.1. The molecule has 2 aromatic carbocycles. The number of hydrogen-bond donors (Lipinski definition) is 2. The van der Waals surface area contributed by atoms with Crippen molar-refractivity contribution >= 4 is 73.7 Å². The van der Waals surface area contributed by atoms with Crippen LogP contribution in [0.3, 0.4) is 0 Å². The van der Waals surface area contributed by atoms with Crippen LogP contribution in [-0.4, -0.2) is 17.1 Å². The number of carboxylic acids is 1. The van der Waals surface area contributed by atoms with E-state index in [2.05, 4.69) is 22.6 Å². The van der Waals surface area contributed by atoms with Gasteiger partial charge in [-0.2, -0.15) is 0 Å². The molecule has 5 nitrogen and oxygen atoms in total. The third-order valence-electron chi connectivity index (χ3n) is 2.99. The summed E-state index contributed by atoms with van der Waals surface area (Å²) < 4.78 is 7.86. The van der Waals surface area contributed by atoms with Gasteiger partial charge in [0.25, 0.3) is 0 Å². The molecule has 9 heteroatoms. The van der Waals surface area contributed by atoms with Crippen LogP contribution in [0.4, 0.5) is 0 Å². The van der Waals surface area contributed by atoms with E-state index in [0.29, 0.717) is 18.6 Å². The Morgan fingerprint density at radius 1 is 1.12 bits per heavy atom. The molecule has 0 spiro atoms. The molecule has 1 atom stereocenters. The van der Waals surface area contributed by atoms with E-state index in [1.54, 1.807) is 24.3 Å². The Kier molecular flexibility index (Phi) is 9.57. The quantitative estimate of drug-likeness (QED) is 0.353. The van der Waals surface area contributed by atoms with Crippen LogP contribution in [0.1, 0.15) is 5.56 Å². The van der Waals surface area contributed by atoms with E-state index in [9.17, 15) is 9.90 Å². The molecule has 0 bridgehead atoms. The van der Waals surface area contributed by atoms with Crippen molar-refractivity contribution in [1.82, 2.24) is 0 Å². The molecule has 0 amide bonds. The van der Waals surface area contributed by atoms with E-state index in [-0.39, 0.29) is 41.7 Å². The van der Waals surface area contributed by atoms with E-state index in [0.717, 1.165) is 9.13 Å². The first-order valence-corrected chi connectivity index (χ1v) is 9.62. The summed E-state index contributed by atoms with van der Waals surface area (Å²) in [5.41, 5.74) is 6.41. The van der Waals surface area contributed by atoms with Gasteiger partial charge in [-0.3, -0.25) is 4.79 Å². The number of aliphatic carboxylic acids is 1. The molecule has 0 aliphatic carbocycles. The van der Waals surface area contributed by atoms with E-state index in [1.807, 2.05) is 51.2 Å². The number of rotatable bonds is 5. The molecule has 0 saturated heterocycles. The molecule has 0 heterocycles. The summed E-state index contributed by atoms with van der Waals surface area (Å²) in [5, 5.41) is 20.6. The molecule has 0 unspecified atom stereocenters. The standard InChI is InChI=1S/C15H12I3NO4.Na/c16-10-4-8(2-1-7(10)3-13(19)15(21)22)23-9-5-11(17)14(20)12(18)6-9;/h1-2,4-6,13,20H,3,19H2,(H,21,22);/q;+1/p-1/t13-;/m1./s1. The van der Waals surface area contributed by atoms with Gasteiger partial charge in [-0.1, -0.05) is 11.8 Å². The van der Waals surface area contributed by atoms with E-state index >= 15 is 0 Å². The van der Waals surface area contributed by atoms with Gasteiger partial charge in [-0.05, 0) is 104 Å². The van der Waals surface area contributed by atoms with Crippen LogP contribution in [0.2, 0.25) is 0 Å². The van der Waals surface area contributed by atoms with Crippen molar-refractivity contribution in [3.63, 3.8) is 0 Å². The number of benzene rings is 2. The van der Waals surface area contributed by atoms with Crippen LogP contribution in [0.25, 0.3) is 0 Å². The van der Waals surface area contributed by atoms with Gasteiger partial charge in [-0.15, -0.1) is 0 Å². The zero-order valence-corrected chi connectivity index (χ0v) is 21.0. The van der Waals surface area contributed by atoms with Gasteiger partial charge >= 0.3 is 35.5 Å². The molecule has 0 aliphatic rings. The van der Waals surface area contributed by atoms with Crippen LogP contribution in [-0.2, 0) is 11.2 Å². The van der Waals surface area contributed by atoms with Gasteiger partial charge in [-0.25, -0.2) is 0 Å². The van der Waals surface area contributed by atoms with Crippen LogP contribution in [0.5, 0.6) is 17.2 Å². The first kappa shape index (κ1) is 22.7. The van der Waals surface area contributed by atoms with Crippen molar-refractivity contribution in [3.8, 4) is 17.2 Å². The van der Waals surface area contributed by atoms with Crippen molar-refractivity contribution in [3.05, 3.63) is 46.6 Å². The predicted molar refractivity (Wildman–Crippen MR) is 110 cm³/mol. The third-order valence-corrected chi connectivity index (χ3v) is 5.60. The Labute approximate surface area is 202 Å². The number of ether oxygens (including phenoxy) is 1. The van der Waals surface area contributed by atoms with Crippen LogP contribution < -0.4 is 45.1 Å². The average Bonchev–Trinajstić information content (AvgIpc) is 2.47. The largest absolute Gasteiger partial charge is 1.00 e. The van der Waals surface area contributed by atoms with Crippen LogP contribution >= 0.6 is 67.8 Å². The second-order valence-corrected chi connectivity index (χ2v) is 8.21. The molecule has 24 heavy (non-hydrogen) atoms. The minimum absolute atomic E-state index is 0. The first-order valence-electron chi connectivity index (χ1n) is 6.38. The summed E-state index contributed by atoms with van der Waals surface area (Å²) in [7, 11) is 0. The maximum absolute atomic E-state index is 11.7. The summed E-state index contributed by atoms with van der Waals surface area (Å²) >= 11 is 6.09. The van der Waals surface area contributed by atoms with Crippen LogP contribution in [0, 0.1) is 10.7 Å². The van der Waals surface area contributed by atoms with E-state index in [4.69, 9.17) is 15.6 Å². The molecule has 0 aromatic heterocycles. The van der Waals surface area contributed by atoms with E-state index in [1.165, 1.54) is 0 Å². The molecule has 122 valence electrons. The minimum atomic E-state index is -1.03. The number of nitrogens with two attached hydrogens (primary N) is 1. The average molecular weight is 673 g/mol. The van der Waals surface area contributed by atoms with Crippen molar-refractivity contribution in [1.29, 1.82) is 0 Å². The van der Waals surface area contributed by atoms with Gasteiger partial charge in [0.2, 0.25) is 0 Å². The normalized spacial score (nSPS) is 11.5. The zero-order valence-electron chi connectivity index (χ0n) is 12.6. The number of carboxylic acid groups (broad SMARTS) is 1. The van der Waals surface area contributed by atoms with Crippen molar-refractivity contribution in [2.24, 2.45) is 5.73 Å². The van der Waals surface area contributed by atoms with Gasteiger partial charge in [0.15, 0.2) is 0 Å². The third kappa shape index (κ3) is 6.13. The SMILES string of the molecule is N[C@H](Cc1ccc(Oc2cc(I)c([O-])c(I)c2)cc1I)C(=O)O.[Na+]. The monoisotopic (exact) mass is 673 g/mol. The predicted octanol–water partition coefficient (Wildman–Crippen LogP) is 0.325. The maximum Gasteiger partial charge on any atom is 1.00 e. The molecule has 2 aromatic rings. The Morgan fingerprint density at radius 2 is 1.67 bits per heavy atom. The molecular weight excluding hydrogens is 662 g/mol. The summed E-state index contributed by atoms with van der Waals surface area (Å²) in [6, 6.07) is 7.82. The van der Waals surface area contributed by atoms with Gasteiger partial charge < -0.3 is 20.7 Å². The fourth-order valence-electron chi connectivity index (χ4n) is 1.81. The number of halogens is 3. The van der Waals surface area contributed by atoms with Gasteiger partial charge in [0.05, 0.1) is 0 Å². The molecule has 0 radical (unpaired) electrons. The smallest absolute Gasteiger partial charge is 0.871 e. The molecule has 0 fully saturated rings. The summed E-state index contributed by atoms with van der Waals surface area (Å²) in [5.74, 6) is 0.172. The molecule has 3 N–H and O–H groups in total. The van der Waals surface area contributed by atoms with E-state index < -0.39 is 12.0 Å². The molecule has 0 aliphatic heterocycles. The topological polar surface area (TPSA) is 95.6 Å². The van der Waals surface area contributed by atoms with Crippen molar-refractivity contribution in [2.75, 3.05) is 0 Å². The number of carbonyl (C=O) groups is 1. The molecule has 0 saturated carbocycles. The first-order chi connectivity index (χ1) is 10.8. The Bertz CT molecular complexity index is 734. The van der Waals surface area contributed by atoms with Crippen LogP contribution in [0.15, 0.2) is 30.3 Å². The Morgan fingerprint density at radius 3 is 2.17 bits per heavy atom. The second-order valence-electron chi connectivity index (χ2n) is 4.72.